The van der Waals surface area contributed by atoms with Gasteiger partial charge in [-0.2, -0.15) is 23.5 Å². The summed E-state index contributed by atoms with van der Waals surface area (Å²) in [6.07, 6.45) is 5.86. The highest BCUT2D eigenvalue weighted by Crippen LogP contribution is 2.26. The van der Waals surface area contributed by atoms with Crippen LogP contribution in [0.2, 0.25) is 0 Å². The number of nitrogens with zero attached hydrogens (tertiary/aromatic N) is 2. The van der Waals surface area contributed by atoms with Crippen molar-refractivity contribution >= 4 is 124 Å². The number of para-hydroxylation sites is 1. The van der Waals surface area contributed by atoms with E-state index in [0.29, 0.717) is 84.4 Å². The number of oxime groups is 1. The van der Waals surface area contributed by atoms with Gasteiger partial charge in [0, 0.05) is 66.7 Å². The molecule has 3 heterocycles. The van der Waals surface area contributed by atoms with Crippen LogP contribution in [0.4, 0.5) is 0 Å². The van der Waals surface area contributed by atoms with Crippen molar-refractivity contribution in [3.8, 4) is 11.5 Å². The number of carboxylic acid groups (broad SMARTS) is 2. The van der Waals surface area contributed by atoms with Crippen molar-refractivity contribution in [3.63, 3.8) is 0 Å². The smallest absolute Gasteiger partial charge is 0.305 e. The van der Waals surface area contributed by atoms with E-state index in [1.165, 1.54) is 61.7 Å². The minimum absolute atomic E-state index is 0.0175. The number of guanidine groups is 1. The largest absolute Gasteiger partial charge is 0.508 e. The minimum atomic E-state index is -1.89. The zero-order valence-electron chi connectivity index (χ0n) is 62.5. The summed E-state index contributed by atoms with van der Waals surface area (Å²) >= 11 is 2.84. The number of nitrogens with one attached hydrogen (secondary N) is 12. The Hall–Kier alpha value is -10.7. The fraction of sp³-hybridized carbons (Fsp3) is 0.527. The Morgan fingerprint density at radius 1 is 0.691 bits per heavy atom. The van der Waals surface area contributed by atoms with Crippen LogP contribution in [-0.2, 0) is 91.5 Å². The lowest BCUT2D eigenvalue weighted by Crippen LogP contribution is -2.61. The second-order valence-electron chi connectivity index (χ2n) is 27.3. The summed E-state index contributed by atoms with van der Waals surface area (Å²) in [7, 11) is 0. The summed E-state index contributed by atoms with van der Waals surface area (Å²) in [5.74, 6) is -12.7. The van der Waals surface area contributed by atoms with Gasteiger partial charge in [0.25, 0.3) is 5.91 Å². The number of aromatic amines is 1. The van der Waals surface area contributed by atoms with Crippen molar-refractivity contribution in [1.29, 1.82) is 5.41 Å². The number of primary amides is 1. The number of carbonyl (C=O) groups excluding carboxylic acids is 11. The minimum Gasteiger partial charge on any atom is -0.508 e. The number of amides is 11. The molecule has 36 heteroatoms. The first-order chi connectivity index (χ1) is 52.5. The Morgan fingerprint density at radius 2 is 1.31 bits per heavy atom. The lowest BCUT2D eigenvalue weighted by molar-refractivity contribution is -0.143. The Labute approximate surface area is 646 Å². The van der Waals surface area contributed by atoms with Gasteiger partial charge in [-0.15, -0.1) is 0 Å². The molecule has 3 aromatic carbocycles. The molecule has 34 nitrogen and oxygen atoms in total. The number of phenols is 1. The normalized spacial score (nSPS) is 23.3. The molecule has 0 saturated carbocycles. The van der Waals surface area contributed by atoms with E-state index in [2.05, 4.69) is 63.3 Å². The van der Waals surface area contributed by atoms with Crippen molar-refractivity contribution in [2.45, 2.75) is 202 Å². The number of phenolic OH excluding ortho intramolecular Hbond substituents is 1. The average Bonchev–Trinajstić information content (AvgIpc) is 1.51. The number of carboxylic acids is 2. The molecule has 4 aromatic rings. The van der Waals surface area contributed by atoms with Crippen LogP contribution >= 0.6 is 23.5 Å². The monoisotopic (exact) mass is 1570 g/mol. The van der Waals surface area contributed by atoms with Crippen LogP contribution in [0.3, 0.4) is 0 Å². The molecule has 0 spiro atoms. The molecule has 600 valence electrons. The number of hydrogen-bond donors (Lipinski definition) is 17. The topological polar surface area (TPSA) is 529 Å². The summed E-state index contributed by atoms with van der Waals surface area (Å²) < 4.78 is 6.19. The molecule has 19 N–H and O–H groups in total. The Morgan fingerprint density at radius 3 is 1.99 bits per heavy atom. The molecule has 2 aliphatic rings. The molecule has 1 saturated heterocycles. The van der Waals surface area contributed by atoms with E-state index in [4.69, 9.17) is 26.5 Å². The molecule has 0 radical (unpaired) electrons. The van der Waals surface area contributed by atoms with Gasteiger partial charge in [-0.25, -0.2) is 0 Å². The molecular formula is C74H104N16O18S2. The lowest BCUT2D eigenvalue weighted by atomic mass is 9.99. The van der Waals surface area contributed by atoms with Crippen molar-refractivity contribution in [2.75, 3.05) is 38.3 Å². The Balaban J connectivity index is 1.33. The fourth-order valence-electron chi connectivity index (χ4n) is 12.3. The first-order valence-electron chi connectivity index (χ1n) is 36.7. The number of thioether (sulfide) groups is 2. The second kappa shape index (κ2) is 45.4. The van der Waals surface area contributed by atoms with Crippen LogP contribution in [0.1, 0.15) is 140 Å². The van der Waals surface area contributed by atoms with Gasteiger partial charge in [0.05, 0.1) is 13.0 Å². The third kappa shape index (κ3) is 29.4. The van der Waals surface area contributed by atoms with Crippen molar-refractivity contribution < 1.29 is 87.2 Å². The quantitative estimate of drug-likeness (QED) is 0.0340. The Bertz CT molecular complexity index is 3880. The first-order valence-corrected chi connectivity index (χ1v) is 39.2. The third-order valence-electron chi connectivity index (χ3n) is 18.1. The van der Waals surface area contributed by atoms with Crippen LogP contribution in [0, 0.1) is 11.3 Å². The average molecular weight is 1570 g/mol. The highest BCUT2D eigenvalue weighted by Gasteiger charge is 2.41. The number of fused-ring (bicyclic) bond motifs is 4. The molecule has 10 atom stereocenters. The molecule has 0 aliphatic carbocycles. The van der Waals surface area contributed by atoms with Gasteiger partial charge in [-0.3, -0.25) is 67.7 Å². The highest BCUT2D eigenvalue weighted by molar-refractivity contribution is 7.98. The maximum atomic E-state index is 15.2. The maximum Gasteiger partial charge on any atom is 0.305 e. The van der Waals surface area contributed by atoms with E-state index in [0.717, 1.165) is 23.8 Å². The van der Waals surface area contributed by atoms with Crippen LogP contribution in [0.25, 0.3) is 10.9 Å². The van der Waals surface area contributed by atoms with Gasteiger partial charge in [0.2, 0.25) is 59.1 Å². The SMILES string of the molecule is CCCC[C@@H]1NC(=O)[C@@H]2CCCN2C(=O)[C@H](C)NC(=O)[C@H](CCCNC(=N)N)NC(=O)/C=N/OCCCCCCOc2cc(CSC)cc(c2)CSC[C@@H](C(N)=O)NC(=O)[C@H](CCC(=O)O)NC(=O)[C@H](Cc2ccc(O)cc2)NC(=O)[C@H](Cc2c[nH]c3ccccc23)NC(=O)[C@H](C(C)C)NC(=O)[C@H](CC(=O)O)NC1=O. The predicted molar refractivity (Wildman–Crippen MR) is 412 cm³/mol. The lowest BCUT2D eigenvalue weighted by Gasteiger charge is -2.30. The number of aromatic nitrogens is 1. The van der Waals surface area contributed by atoms with Gasteiger partial charge in [0.1, 0.15) is 84.7 Å². The summed E-state index contributed by atoms with van der Waals surface area (Å²) in [6.45, 7) is 7.03. The number of benzene rings is 3. The van der Waals surface area contributed by atoms with E-state index in [9.17, 15) is 72.9 Å². The predicted octanol–water partition coefficient (Wildman–Crippen LogP) is 1.72. The molecular weight excluding hydrogens is 1470 g/mol. The molecule has 1 aromatic heterocycles. The molecule has 6 rings (SSSR count). The zero-order valence-corrected chi connectivity index (χ0v) is 64.1. The summed E-state index contributed by atoms with van der Waals surface area (Å²) in [4.78, 5) is 191. The van der Waals surface area contributed by atoms with Crippen LogP contribution in [-0.4, -0.2) is 213 Å². The van der Waals surface area contributed by atoms with Crippen molar-refractivity contribution in [1.82, 2.24) is 63.1 Å². The van der Waals surface area contributed by atoms with Gasteiger partial charge >= 0.3 is 11.9 Å². The maximum absolute atomic E-state index is 15.2. The van der Waals surface area contributed by atoms with E-state index in [-0.39, 0.29) is 75.7 Å². The van der Waals surface area contributed by atoms with Crippen LogP contribution < -0.4 is 69.4 Å². The first kappa shape index (κ1) is 88.3. The number of aliphatic carboxylic acids is 2. The summed E-state index contributed by atoms with van der Waals surface area (Å²) in [6, 6.07) is 3.59. The highest BCUT2D eigenvalue weighted by atomic mass is 32.2. The number of ether oxygens (including phenoxy) is 1. The van der Waals surface area contributed by atoms with Gasteiger partial charge < -0.3 is 99.4 Å². The third-order valence-corrected chi connectivity index (χ3v) is 19.9. The molecule has 1 fully saturated rings. The second-order valence-corrected chi connectivity index (χ2v) is 29.2. The number of rotatable bonds is 20. The van der Waals surface area contributed by atoms with Gasteiger partial charge in [0.15, 0.2) is 5.96 Å². The number of H-pyrrole nitrogens is 1. The van der Waals surface area contributed by atoms with E-state index in [1.807, 2.05) is 31.4 Å². The van der Waals surface area contributed by atoms with E-state index < -0.39 is 163 Å². The summed E-state index contributed by atoms with van der Waals surface area (Å²) in [5, 5.41) is 68.3. The van der Waals surface area contributed by atoms with Gasteiger partial charge in [-0.1, -0.05) is 75.2 Å². The number of aromatic hydroxyl groups is 1. The van der Waals surface area contributed by atoms with Crippen LogP contribution in [0.5, 0.6) is 11.5 Å². The fourth-order valence-corrected chi connectivity index (χ4v) is 13.8. The zero-order chi connectivity index (χ0) is 80.4. The van der Waals surface area contributed by atoms with Crippen molar-refractivity contribution in [3.05, 3.63) is 95.2 Å². The summed E-state index contributed by atoms with van der Waals surface area (Å²) in [5.41, 5.74) is 14.6. The molecule has 2 bridgehead atoms. The standard InChI is InChI=1S/C74H104N16O18S2/c1-6-7-17-53-66(99)86-57(36-62(95)96)70(103)89-63(42(2)3)72(105)87-56(35-47-37-79-51-18-11-10-16-50(47)51)69(102)85-55(34-44-21-23-48(91)24-22-44)68(101)83-54(25-26-61(93)94)67(100)88-58(64(75)97)41-110-40-46-31-45(39-109-5)32-49(33-46)107-29-12-8-9-13-30-108-80-38-60(92)82-52(19-14-27-78-74(76)77)65(98)81-43(4)73(106)90-28-15-20-59(90)71(104)84-53/h10-11,16,18,21-24,31-33,37-38,42-43,52-59,63,79,91H,6-9,12-15,17,19-20,25-30,34-36,39-41H2,1-5H3,(H2,75,97)(H,81,98)(H,82,92)(H,83,101)(H,84,104)(H,85,102)(H,86,99)(H,87,105)(H,88,100)(H,89,103)(H,93,94)(H,95,96)(H4,76,77,78)/b80-38+/t43-,52-,53-,54-,55-,56-,57-,58-,59-,63-/m0/s1. The number of unbranched alkanes of at least 4 members (excludes halogenated alkanes) is 1. The molecule has 110 heavy (non-hydrogen) atoms. The van der Waals surface area contributed by atoms with E-state index in [1.54, 1.807) is 42.2 Å². The van der Waals surface area contributed by atoms with E-state index >= 15 is 4.79 Å². The Kier molecular flexibility index (Phi) is 36.4. The number of carbonyl (C=O) groups is 13. The molecule has 2 aliphatic heterocycles. The molecule has 11 amide bonds. The van der Waals surface area contributed by atoms with Crippen LogP contribution in [0.15, 0.2) is 78.1 Å². The number of nitrogens with two attached hydrogens (primary N) is 2. The van der Waals surface area contributed by atoms with Crippen molar-refractivity contribution in [2.24, 2.45) is 22.5 Å². The number of hydrogen-bond acceptors (Lipinski definition) is 20. The molecule has 0 unspecified atom stereocenters. The van der Waals surface area contributed by atoms with Gasteiger partial charge in [-0.05, 0) is 136 Å².